The average Bonchev–Trinajstić information content (AvgIpc) is 2.33. The van der Waals surface area contributed by atoms with Gasteiger partial charge in [0, 0.05) is 16.1 Å². The van der Waals surface area contributed by atoms with Crippen LogP contribution in [0.3, 0.4) is 0 Å². The Morgan fingerprint density at radius 1 is 1.41 bits per heavy atom. The lowest BCUT2D eigenvalue weighted by Gasteiger charge is -2.18. The van der Waals surface area contributed by atoms with Crippen LogP contribution in [-0.4, -0.2) is 7.05 Å². The molecule has 1 aromatic rings. The van der Waals surface area contributed by atoms with Gasteiger partial charge in [-0.15, -0.1) is 0 Å². The quantitative estimate of drug-likeness (QED) is 0.568. The van der Waals surface area contributed by atoms with Crippen LogP contribution in [0.25, 0.3) is 0 Å². The summed E-state index contributed by atoms with van der Waals surface area (Å²) in [6, 6.07) is 3.62. The predicted octanol–water partition coefficient (Wildman–Crippen LogP) is 5.08. The predicted molar refractivity (Wildman–Crippen MR) is 75.1 cm³/mol. The molecule has 0 fully saturated rings. The van der Waals surface area contributed by atoms with Crippen LogP contribution in [0.5, 0.6) is 0 Å². The summed E-state index contributed by atoms with van der Waals surface area (Å²) in [5, 5.41) is 3.32. The fourth-order valence-corrected chi connectivity index (χ4v) is 2.34. The molecule has 0 saturated heterocycles. The maximum absolute atomic E-state index is 14.0. The molecule has 0 radical (unpaired) electrons. The first kappa shape index (κ1) is 14.9. The monoisotopic (exact) mass is 321 g/mol. The number of rotatable bonds is 6. The van der Waals surface area contributed by atoms with Gasteiger partial charge in [0.25, 0.3) is 0 Å². The molecule has 0 spiro atoms. The van der Waals surface area contributed by atoms with Crippen LogP contribution in [0.2, 0.25) is 5.02 Å². The molecule has 0 aliphatic carbocycles. The van der Waals surface area contributed by atoms with Gasteiger partial charge in [0.15, 0.2) is 0 Å². The van der Waals surface area contributed by atoms with E-state index in [9.17, 15) is 4.39 Å². The number of hydrogen-bond donors (Lipinski definition) is 1. The van der Waals surface area contributed by atoms with E-state index in [4.69, 9.17) is 11.6 Å². The maximum Gasteiger partial charge on any atom is 0.147 e. The van der Waals surface area contributed by atoms with Crippen molar-refractivity contribution in [3.05, 3.63) is 33.0 Å². The maximum atomic E-state index is 14.0. The van der Waals surface area contributed by atoms with Gasteiger partial charge in [-0.05, 0) is 35.5 Å². The van der Waals surface area contributed by atoms with Crippen molar-refractivity contribution in [3.8, 4) is 0 Å². The normalized spacial score (nSPS) is 12.8. The minimum Gasteiger partial charge on any atom is -0.313 e. The van der Waals surface area contributed by atoms with Crippen LogP contribution >= 0.6 is 27.5 Å². The van der Waals surface area contributed by atoms with E-state index in [0.717, 1.165) is 12.8 Å². The summed E-state index contributed by atoms with van der Waals surface area (Å²) in [5.74, 6) is -0.322. The van der Waals surface area contributed by atoms with E-state index in [2.05, 4.69) is 28.2 Å². The van der Waals surface area contributed by atoms with E-state index in [1.165, 1.54) is 12.8 Å². The Morgan fingerprint density at radius 2 is 2.12 bits per heavy atom. The Labute approximate surface area is 116 Å². The standard InChI is InChI=1S/C13H18BrClFN/c1-3-4-5-6-11(17-2)9-7-8-10(14)12(15)13(9)16/h7-8,11,17H,3-6H2,1-2H3. The third-order valence-electron chi connectivity index (χ3n) is 2.89. The van der Waals surface area contributed by atoms with Crippen LogP contribution in [0, 0.1) is 5.82 Å². The molecular formula is C13H18BrClFN. The Kier molecular flexibility index (Phi) is 6.45. The molecule has 0 aromatic heterocycles. The van der Waals surface area contributed by atoms with Crippen molar-refractivity contribution in [1.29, 1.82) is 0 Å². The van der Waals surface area contributed by atoms with E-state index in [0.29, 0.717) is 10.0 Å². The zero-order valence-corrected chi connectivity index (χ0v) is 12.5. The second kappa shape index (κ2) is 7.34. The SMILES string of the molecule is CCCCCC(NC)c1ccc(Br)c(Cl)c1F. The molecule has 96 valence electrons. The molecular weight excluding hydrogens is 305 g/mol. The summed E-state index contributed by atoms with van der Waals surface area (Å²) < 4.78 is 14.6. The van der Waals surface area contributed by atoms with Gasteiger partial charge < -0.3 is 5.32 Å². The van der Waals surface area contributed by atoms with Gasteiger partial charge >= 0.3 is 0 Å². The third-order valence-corrected chi connectivity index (χ3v) is 4.14. The lowest BCUT2D eigenvalue weighted by atomic mass is 10.00. The van der Waals surface area contributed by atoms with Gasteiger partial charge in [-0.2, -0.15) is 0 Å². The van der Waals surface area contributed by atoms with E-state index in [1.54, 1.807) is 12.1 Å². The second-order valence-electron chi connectivity index (χ2n) is 4.10. The van der Waals surface area contributed by atoms with E-state index in [-0.39, 0.29) is 16.9 Å². The highest BCUT2D eigenvalue weighted by Gasteiger charge is 2.17. The topological polar surface area (TPSA) is 12.0 Å². The zero-order chi connectivity index (χ0) is 12.8. The zero-order valence-electron chi connectivity index (χ0n) is 10.2. The smallest absolute Gasteiger partial charge is 0.147 e. The lowest BCUT2D eigenvalue weighted by Crippen LogP contribution is -2.17. The summed E-state index contributed by atoms with van der Waals surface area (Å²) in [6.07, 6.45) is 4.36. The Bertz CT molecular complexity index is 371. The lowest BCUT2D eigenvalue weighted by molar-refractivity contribution is 0.484. The Balaban J connectivity index is 2.85. The minimum absolute atomic E-state index is 0.0344. The molecule has 0 aliphatic rings. The van der Waals surface area contributed by atoms with Gasteiger partial charge in [-0.1, -0.05) is 43.9 Å². The van der Waals surface area contributed by atoms with E-state index < -0.39 is 0 Å². The minimum atomic E-state index is -0.322. The molecule has 0 aliphatic heterocycles. The first-order chi connectivity index (χ1) is 8.11. The molecule has 4 heteroatoms. The molecule has 1 aromatic carbocycles. The van der Waals surface area contributed by atoms with Crippen LogP contribution in [0.15, 0.2) is 16.6 Å². The molecule has 0 saturated carbocycles. The van der Waals surface area contributed by atoms with Crippen LogP contribution in [-0.2, 0) is 0 Å². The van der Waals surface area contributed by atoms with Crippen LogP contribution in [0.1, 0.15) is 44.2 Å². The van der Waals surface area contributed by atoms with Crippen LogP contribution in [0.4, 0.5) is 4.39 Å². The summed E-state index contributed by atoms with van der Waals surface area (Å²) in [7, 11) is 1.85. The number of nitrogens with one attached hydrogen (secondary N) is 1. The number of halogens is 3. The van der Waals surface area contributed by atoms with E-state index in [1.807, 2.05) is 7.05 Å². The molecule has 1 rings (SSSR count). The van der Waals surface area contributed by atoms with Gasteiger partial charge in [0.05, 0.1) is 5.02 Å². The van der Waals surface area contributed by atoms with Gasteiger partial charge in [-0.25, -0.2) is 4.39 Å². The van der Waals surface area contributed by atoms with Crippen LogP contribution < -0.4 is 5.32 Å². The molecule has 1 nitrogen and oxygen atoms in total. The van der Waals surface area contributed by atoms with Gasteiger partial charge in [-0.3, -0.25) is 0 Å². The summed E-state index contributed by atoms with van der Waals surface area (Å²) >= 11 is 9.12. The highest BCUT2D eigenvalue weighted by atomic mass is 79.9. The van der Waals surface area contributed by atoms with Crippen molar-refractivity contribution in [1.82, 2.24) is 5.32 Å². The second-order valence-corrected chi connectivity index (χ2v) is 5.33. The van der Waals surface area contributed by atoms with E-state index >= 15 is 0 Å². The van der Waals surface area contributed by atoms with Crippen molar-refractivity contribution in [2.24, 2.45) is 0 Å². The Morgan fingerprint density at radius 3 is 2.71 bits per heavy atom. The fourth-order valence-electron chi connectivity index (χ4n) is 1.86. The van der Waals surface area contributed by atoms with Gasteiger partial charge in [0.2, 0.25) is 0 Å². The van der Waals surface area contributed by atoms with Crippen molar-refractivity contribution in [3.63, 3.8) is 0 Å². The van der Waals surface area contributed by atoms with Gasteiger partial charge in [0.1, 0.15) is 5.82 Å². The molecule has 17 heavy (non-hydrogen) atoms. The third kappa shape index (κ3) is 3.94. The molecule has 1 N–H and O–H groups in total. The average molecular weight is 323 g/mol. The molecule has 1 unspecified atom stereocenters. The largest absolute Gasteiger partial charge is 0.313 e. The summed E-state index contributed by atoms with van der Waals surface area (Å²) in [5.41, 5.74) is 0.650. The number of hydrogen-bond acceptors (Lipinski definition) is 1. The fraction of sp³-hybridized carbons (Fsp3) is 0.538. The highest BCUT2D eigenvalue weighted by Crippen LogP contribution is 2.31. The van der Waals surface area contributed by atoms with Crippen molar-refractivity contribution in [2.45, 2.75) is 38.6 Å². The summed E-state index contributed by atoms with van der Waals surface area (Å²) in [6.45, 7) is 2.16. The Hall–Kier alpha value is -0.120. The number of benzene rings is 1. The summed E-state index contributed by atoms with van der Waals surface area (Å²) in [4.78, 5) is 0. The first-order valence-electron chi connectivity index (χ1n) is 5.92. The highest BCUT2D eigenvalue weighted by molar-refractivity contribution is 9.10. The van der Waals surface area contributed by atoms with Crippen molar-refractivity contribution < 1.29 is 4.39 Å². The molecule has 0 heterocycles. The first-order valence-corrected chi connectivity index (χ1v) is 7.09. The molecule has 0 amide bonds. The number of unbranched alkanes of at least 4 members (excludes halogenated alkanes) is 2. The molecule has 1 atom stereocenters. The van der Waals surface area contributed by atoms with Crippen molar-refractivity contribution in [2.75, 3.05) is 7.05 Å². The van der Waals surface area contributed by atoms with Crippen molar-refractivity contribution >= 4 is 27.5 Å². The molecule has 0 bridgehead atoms.